The number of piperidine rings is 1. The standard InChI is InChI=1S/C31H30BrN5O4/c32-24-4-1-3-21-23-16-34(10-9-25(23)33-29(21)24)31(39)22-13-17-12-20(37(40)41)7-8-27(17)36-14-18-11-19(30(22)36)15-35-26(18)5-2-6-28(35)38/h1-8,12,18-19,22,30,33,37,40H,9-11,13-16H2/t18?,19?,22-,30+/m1/s1. The number of hydrogen-bond acceptors (Lipinski definition) is 5. The number of nitrogens with one attached hydrogen (secondary N) is 2. The Morgan fingerprint density at radius 3 is 2.83 bits per heavy atom. The Labute approximate surface area is 244 Å². The zero-order valence-corrected chi connectivity index (χ0v) is 23.9. The minimum Gasteiger partial charge on any atom is -0.595 e. The third-order valence-electron chi connectivity index (χ3n) is 9.84. The summed E-state index contributed by atoms with van der Waals surface area (Å²) in [5.74, 6) is 0.122. The van der Waals surface area contributed by atoms with Gasteiger partial charge in [-0.05, 0) is 58.5 Å². The van der Waals surface area contributed by atoms with E-state index in [1.807, 2.05) is 33.7 Å². The van der Waals surface area contributed by atoms with E-state index in [0.29, 0.717) is 32.6 Å². The molecular formula is C31H30BrN5O4. The molecular weight excluding hydrogens is 586 g/mol. The van der Waals surface area contributed by atoms with Gasteiger partial charge in [-0.1, -0.05) is 18.2 Å². The smallest absolute Gasteiger partial charge is 0.250 e. The van der Waals surface area contributed by atoms with Crippen LogP contribution in [-0.4, -0.2) is 44.7 Å². The molecule has 0 saturated carbocycles. The largest absolute Gasteiger partial charge is 0.595 e. The molecule has 9 nitrogen and oxygen atoms in total. The fraction of sp³-hybridized carbons (Fsp3) is 0.355. The molecule has 3 unspecified atom stereocenters. The number of carbonyl (C=O) groups excluding carboxylic acids is 1. The second kappa shape index (κ2) is 9.29. The van der Waals surface area contributed by atoms with Gasteiger partial charge in [0.1, 0.15) is 0 Å². The Kier molecular flexibility index (Phi) is 5.73. The van der Waals surface area contributed by atoms with Crippen LogP contribution in [0.4, 0.5) is 11.4 Å². The Morgan fingerprint density at radius 2 is 1.98 bits per heavy atom. The van der Waals surface area contributed by atoms with Crippen molar-refractivity contribution in [3.63, 3.8) is 0 Å². The van der Waals surface area contributed by atoms with Gasteiger partial charge in [0.05, 0.1) is 11.4 Å². The third kappa shape index (κ3) is 3.85. The highest BCUT2D eigenvalue weighted by Crippen LogP contribution is 2.48. The molecule has 8 rings (SSSR count). The van der Waals surface area contributed by atoms with Crippen LogP contribution in [0.3, 0.4) is 0 Å². The zero-order chi connectivity index (χ0) is 28.0. The fourth-order valence-corrected chi connectivity index (χ4v) is 8.56. The Morgan fingerprint density at radius 1 is 1.12 bits per heavy atom. The maximum Gasteiger partial charge on any atom is 0.250 e. The predicted molar refractivity (Wildman–Crippen MR) is 157 cm³/mol. The molecule has 1 saturated heterocycles. The van der Waals surface area contributed by atoms with E-state index in [2.05, 4.69) is 37.9 Å². The van der Waals surface area contributed by atoms with E-state index in [1.165, 1.54) is 11.3 Å². The molecule has 0 spiro atoms. The van der Waals surface area contributed by atoms with Gasteiger partial charge in [0.2, 0.25) is 5.91 Å². The number of benzene rings is 2. The van der Waals surface area contributed by atoms with Crippen molar-refractivity contribution in [3.05, 3.63) is 97.1 Å². The number of pyridine rings is 1. The van der Waals surface area contributed by atoms with Crippen LogP contribution in [0.5, 0.6) is 0 Å². The van der Waals surface area contributed by atoms with Gasteiger partial charge in [0.15, 0.2) is 5.69 Å². The van der Waals surface area contributed by atoms with Gasteiger partial charge >= 0.3 is 0 Å². The number of carbonyl (C=O) groups is 1. The van der Waals surface area contributed by atoms with Crippen molar-refractivity contribution in [2.45, 2.75) is 44.3 Å². The van der Waals surface area contributed by atoms with E-state index < -0.39 is 5.23 Å². The SMILES string of the molecule is O=C([C@@H]1Cc2cc([NH+]([O-])O)ccc2N2CC3CC(Cn4c3cccc4=O)[C@@H]12)N1CCc2[nH]c3c(Br)cccc3c2C1. The lowest BCUT2D eigenvalue weighted by molar-refractivity contribution is -0.991. The van der Waals surface area contributed by atoms with Crippen LogP contribution >= 0.6 is 15.9 Å². The molecule has 5 atom stereocenters. The summed E-state index contributed by atoms with van der Waals surface area (Å²) in [6.45, 7) is 2.48. The number of anilines is 1. The summed E-state index contributed by atoms with van der Waals surface area (Å²) in [7, 11) is 0. The molecule has 0 aliphatic carbocycles. The maximum atomic E-state index is 14.5. The fourth-order valence-electron chi connectivity index (χ4n) is 8.10. The molecule has 41 heavy (non-hydrogen) atoms. The van der Waals surface area contributed by atoms with Crippen molar-refractivity contribution in [3.8, 4) is 0 Å². The summed E-state index contributed by atoms with van der Waals surface area (Å²) in [6, 6.07) is 17.0. The second-order valence-corrected chi connectivity index (χ2v) is 12.8. The summed E-state index contributed by atoms with van der Waals surface area (Å²) in [5, 5.41) is 21.7. The number of fused-ring (bicyclic) bond motifs is 11. The lowest BCUT2D eigenvalue weighted by atomic mass is 9.69. The Hall–Kier alpha value is -3.44. The molecule has 1 amide bonds. The van der Waals surface area contributed by atoms with Gasteiger partial charge in [-0.2, -0.15) is 5.23 Å². The molecule has 6 heterocycles. The van der Waals surface area contributed by atoms with Gasteiger partial charge in [0.25, 0.3) is 5.56 Å². The molecule has 10 heteroatoms. The molecule has 2 aromatic carbocycles. The molecule has 4 aliphatic heterocycles. The summed E-state index contributed by atoms with van der Waals surface area (Å²) in [4.78, 5) is 35.3. The summed E-state index contributed by atoms with van der Waals surface area (Å²) in [5.41, 5.74) is 6.67. The Bertz CT molecular complexity index is 1780. The third-order valence-corrected chi connectivity index (χ3v) is 10.5. The molecule has 1 fully saturated rings. The minimum absolute atomic E-state index is 0.0184. The van der Waals surface area contributed by atoms with Crippen molar-refractivity contribution in [2.75, 3.05) is 18.0 Å². The average Bonchev–Trinajstić information content (AvgIpc) is 3.36. The first-order valence-electron chi connectivity index (χ1n) is 14.3. The molecule has 0 radical (unpaired) electrons. The number of halogens is 1. The predicted octanol–water partition coefficient (Wildman–Crippen LogP) is 3.25. The topological polar surface area (TPSA) is 109 Å². The molecule has 4 aromatic rings. The van der Waals surface area contributed by atoms with E-state index in [-0.39, 0.29) is 40.9 Å². The number of aromatic amines is 1. The Balaban J connectivity index is 1.19. The lowest BCUT2D eigenvalue weighted by Gasteiger charge is -2.54. The molecule has 2 bridgehead atoms. The first-order chi connectivity index (χ1) is 19.9. The van der Waals surface area contributed by atoms with Crippen LogP contribution in [0.2, 0.25) is 0 Å². The molecule has 3 N–H and O–H groups in total. The summed E-state index contributed by atoms with van der Waals surface area (Å²) >= 11 is 3.66. The van der Waals surface area contributed by atoms with Crippen LogP contribution in [0.15, 0.2) is 63.9 Å². The highest BCUT2D eigenvalue weighted by molar-refractivity contribution is 9.10. The maximum absolute atomic E-state index is 14.5. The van der Waals surface area contributed by atoms with Crippen molar-refractivity contribution < 1.29 is 15.2 Å². The molecule has 210 valence electrons. The highest BCUT2D eigenvalue weighted by Gasteiger charge is 2.50. The van der Waals surface area contributed by atoms with Crippen molar-refractivity contribution in [1.29, 1.82) is 0 Å². The number of para-hydroxylation sites is 1. The van der Waals surface area contributed by atoms with Crippen LogP contribution < -0.4 is 15.7 Å². The van der Waals surface area contributed by atoms with Gasteiger partial charge < -0.3 is 24.6 Å². The summed E-state index contributed by atoms with van der Waals surface area (Å²) < 4.78 is 2.93. The number of amides is 1. The van der Waals surface area contributed by atoms with Crippen molar-refractivity contribution in [1.82, 2.24) is 14.5 Å². The average molecular weight is 617 g/mol. The number of nitrogens with zero attached hydrogens (tertiary/aromatic N) is 3. The van der Waals surface area contributed by atoms with Gasteiger partial charge in [-0.25, -0.2) is 5.21 Å². The van der Waals surface area contributed by atoms with E-state index >= 15 is 0 Å². The van der Waals surface area contributed by atoms with Gasteiger partial charge in [-0.3, -0.25) is 9.59 Å². The van der Waals surface area contributed by atoms with E-state index in [0.717, 1.165) is 45.2 Å². The molecule has 4 aliphatic rings. The van der Waals surface area contributed by atoms with E-state index in [4.69, 9.17) is 0 Å². The van der Waals surface area contributed by atoms with Gasteiger partial charge in [0, 0.05) is 95.3 Å². The normalized spacial score (nSPS) is 25.2. The monoisotopic (exact) mass is 615 g/mol. The number of quaternary nitrogens is 1. The van der Waals surface area contributed by atoms with E-state index in [1.54, 1.807) is 18.2 Å². The van der Waals surface area contributed by atoms with Gasteiger partial charge in [-0.15, -0.1) is 0 Å². The van der Waals surface area contributed by atoms with Crippen molar-refractivity contribution >= 4 is 44.1 Å². The number of aromatic nitrogens is 2. The number of hydrogen-bond donors (Lipinski definition) is 3. The van der Waals surface area contributed by atoms with Crippen LogP contribution in [0.1, 0.15) is 34.9 Å². The van der Waals surface area contributed by atoms with E-state index in [9.17, 15) is 20.0 Å². The van der Waals surface area contributed by atoms with Crippen LogP contribution in [-0.2, 0) is 30.7 Å². The second-order valence-electron chi connectivity index (χ2n) is 11.9. The zero-order valence-electron chi connectivity index (χ0n) is 22.3. The quantitative estimate of drug-likeness (QED) is 0.300. The number of H-pyrrole nitrogens is 1. The van der Waals surface area contributed by atoms with Crippen LogP contribution in [0, 0.1) is 17.0 Å². The lowest BCUT2D eigenvalue weighted by Crippen LogP contribution is -2.99. The molecule has 2 aromatic heterocycles. The van der Waals surface area contributed by atoms with Crippen molar-refractivity contribution in [2.24, 2.45) is 11.8 Å². The first kappa shape index (κ1) is 25.3. The highest BCUT2D eigenvalue weighted by atomic mass is 79.9. The minimum atomic E-state index is -0.962. The number of rotatable bonds is 2. The first-order valence-corrected chi connectivity index (χ1v) is 15.1. The summed E-state index contributed by atoms with van der Waals surface area (Å²) in [6.07, 6.45) is 2.20. The van der Waals surface area contributed by atoms with Crippen LogP contribution in [0.25, 0.3) is 10.9 Å².